The molecule has 0 N–H and O–H groups in total. The Morgan fingerprint density at radius 1 is 0.569 bits per heavy atom. The predicted octanol–water partition coefficient (Wildman–Crippen LogP) is 11.3. The summed E-state index contributed by atoms with van der Waals surface area (Å²) in [6.07, 6.45) is 5.20. The lowest BCUT2D eigenvalue weighted by atomic mass is 10.0. The van der Waals surface area contributed by atoms with Gasteiger partial charge in [0.25, 0.3) is 20.0 Å². The van der Waals surface area contributed by atoms with E-state index in [0.717, 1.165) is 79.2 Å². The highest BCUT2D eigenvalue weighted by atomic mass is 79.9. The second-order valence-electron chi connectivity index (χ2n) is 14.8. The number of fused-ring (bicyclic) bond motifs is 4. The number of halogens is 2. The molecule has 0 spiro atoms. The minimum absolute atomic E-state index is 0.284. The van der Waals surface area contributed by atoms with Crippen molar-refractivity contribution in [1.29, 1.82) is 0 Å². The molecule has 302 valence electrons. The summed E-state index contributed by atoms with van der Waals surface area (Å²) in [4.78, 5) is 9.35. The van der Waals surface area contributed by atoms with Crippen molar-refractivity contribution in [2.45, 2.75) is 85.6 Å². The molecule has 0 aliphatic carbocycles. The molecule has 8 nitrogen and oxygen atoms in total. The molecule has 0 saturated heterocycles. The smallest absolute Gasteiger partial charge is 0.266 e. The summed E-state index contributed by atoms with van der Waals surface area (Å²) in [7, 11) is -8.71. The lowest BCUT2D eigenvalue weighted by Gasteiger charge is -2.38. The van der Waals surface area contributed by atoms with Gasteiger partial charge in [-0.1, -0.05) is 120 Å². The summed E-state index contributed by atoms with van der Waals surface area (Å²) >= 11 is 7.12. The average molecular weight is 977 g/mol. The van der Waals surface area contributed by atoms with Crippen LogP contribution in [0.15, 0.2) is 128 Å². The quantitative estimate of drug-likeness (QED) is 0.127. The van der Waals surface area contributed by atoms with E-state index >= 15 is 0 Å². The lowest BCUT2D eigenvalue weighted by Crippen LogP contribution is -2.42. The van der Waals surface area contributed by atoms with Crippen LogP contribution in [0, 0.1) is 0 Å². The van der Waals surface area contributed by atoms with Crippen molar-refractivity contribution in [3.05, 3.63) is 130 Å². The SMILES string of the molecule is CC[Si](CC)[C@@H]1Cc2cc(Br)ccc2N(S(=O)(=O)c2cccc3cccnc23)C1.CC[Si](CC)[C@@H]1Cc2cc(Br)ccc2N(S(=O)(=O)c2cccc3cccnc23)C1. The molecule has 58 heavy (non-hydrogen) atoms. The van der Waals surface area contributed by atoms with E-state index in [2.05, 4.69) is 81.7 Å². The molecule has 0 bridgehead atoms. The molecule has 2 aliphatic rings. The van der Waals surface area contributed by atoms with Gasteiger partial charge in [0.05, 0.1) is 40.0 Å². The minimum atomic E-state index is -3.73. The first-order valence-electron chi connectivity index (χ1n) is 19.9. The molecule has 0 unspecified atom stereocenters. The van der Waals surface area contributed by atoms with Gasteiger partial charge in [0.15, 0.2) is 0 Å². The first kappa shape index (κ1) is 42.7. The third-order valence-electron chi connectivity index (χ3n) is 11.6. The summed E-state index contributed by atoms with van der Waals surface area (Å²) in [6, 6.07) is 34.7. The number of hydrogen-bond acceptors (Lipinski definition) is 6. The van der Waals surface area contributed by atoms with Gasteiger partial charge in [0.2, 0.25) is 0 Å². The van der Waals surface area contributed by atoms with Crippen molar-refractivity contribution >= 4 is 103 Å². The Kier molecular flexibility index (Phi) is 13.3. The van der Waals surface area contributed by atoms with E-state index in [4.69, 9.17) is 0 Å². The number of benzene rings is 4. The number of anilines is 2. The summed E-state index contributed by atoms with van der Waals surface area (Å²) in [6.45, 7) is 10.1. The molecule has 4 heterocycles. The van der Waals surface area contributed by atoms with Gasteiger partial charge in [-0.25, -0.2) is 16.8 Å². The zero-order chi connectivity index (χ0) is 41.2. The maximum absolute atomic E-state index is 13.9. The molecular weight excluding hydrogens is 929 g/mol. The Morgan fingerprint density at radius 3 is 1.33 bits per heavy atom. The van der Waals surface area contributed by atoms with Crippen molar-refractivity contribution in [3.8, 4) is 0 Å². The summed E-state index contributed by atoms with van der Waals surface area (Å²) in [5, 5.41) is 1.68. The van der Waals surface area contributed by atoms with Crippen LogP contribution in [0.2, 0.25) is 35.3 Å². The Bertz CT molecular complexity index is 2470. The number of para-hydroxylation sites is 2. The van der Waals surface area contributed by atoms with Crippen LogP contribution in [-0.2, 0) is 32.9 Å². The van der Waals surface area contributed by atoms with Gasteiger partial charge in [0.1, 0.15) is 9.79 Å². The van der Waals surface area contributed by atoms with Gasteiger partial charge >= 0.3 is 0 Å². The fourth-order valence-electron chi connectivity index (χ4n) is 8.64. The van der Waals surface area contributed by atoms with Gasteiger partial charge in [-0.05, 0) is 95.7 Å². The standard InChI is InChI=1S/2C22H24BrN2O2SSi/c2*1-3-29(4-2)19-14-17-13-18(23)10-11-20(17)25(15-19)28(26,27)21-9-5-7-16-8-6-12-24-22(16)21/h2*5-13,19H,3-4,14-15H2,1-2H3/t2*19-/m11/s1. The summed E-state index contributed by atoms with van der Waals surface area (Å²) < 4.78 is 60.8. The Balaban J connectivity index is 0.000000177. The van der Waals surface area contributed by atoms with E-state index in [1.54, 1.807) is 45.3 Å². The van der Waals surface area contributed by atoms with Crippen molar-refractivity contribution < 1.29 is 16.8 Å². The Labute approximate surface area is 363 Å². The summed E-state index contributed by atoms with van der Waals surface area (Å²) in [5.41, 5.74) is 5.68. The van der Waals surface area contributed by atoms with Crippen LogP contribution in [0.4, 0.5) is 11.4 Å². The zero-order valence-corrected chi connectivity index (χ0v) is 40.0. The molecule has 14 heteroatoms. The van der Waals surface area contributed by atoms with E-state index in [1.165, 1.54) is 0 Å². The molecule has 6 aromatic rings. The third kappa shape index (κ3) is 8.47. The number of aromatic nitrogens is 2. The number of nitrogens with zero attached hydrogens (tertiary/aromatic N) is 4. The minimum Gasteiger partial charge on any atom is -0.266 e. The Morgan fingerprint density at radius 2 is 0.948 bits per heavy atom. The molecule has 0 saturated carbocycles. The highest BCUT2D eigenvalue weighted by Gasteiger charge is 2.38. The van der Waals surface area contributed by atoms with Crippen LogP contribution in [0.3, 0.4) is 0 Å². The van der Waals surface area contributed by atoms with Crippen molar-refractivity contribution in [2.75, 3.05) is 21.7 Å². The summed E-state index contributed by atoms with van der Waals surface area (Å²) in [5.74, 6) is 0. The van der Waals surface area contributed by atoms with Gasteiger partial charge in [-0.15, -0.1) is 0 Å². The highest BCUT2D eigenvalue weighted by Crippen LogP contribution is 2.42. The van der Waals surface area contributed by atoms with Gasteiger partial charge in [-0.2, -0.15) is 0 Å². The van der Waals surface area contributed by atoms with E-state index in [0.29, 0.717) is 35.2 Å². The van der Waals surface area contributed by atoms with Crippen molar-refractivity contribution in [3.63, 3.8) is 0 Å². The first-order chi connectivity index (χ1) is 27.9. The number of rotatable bonds is 10. The molecular formula is C44H48Br2N4O4S2Si2. The topological polar surface area (TPSA) is 101 Å². The fraction of sp³-hybridized carbons (Fsp3) is 0.318. The number of pyridine rings is 2. The molecule has 8 rings (SSSR count). The van der Waals surface area contributed by atoms with Crippen LogP contribution >= 0.6 is 31.9 Å². The second-order valence-corrected chi connectivity index (χ2v) is 27.4. The predicted molar refractivity (Wildman–Crippen MR) is 249 cm³/mol. The Hall–Kier alpha value is -3.41. The molecule has 2 radical (unpaired) electrons. The first-order valence-corrected chi connectivity index (χ1v) is 28.3. The van der Waals surface area contributed by atoms with Gasteiger partial charge in [0, 0.05) is 45.2 Å². The molecule has 0 amide bonds. The van der Waals surface area contributed by atoms with Crippen LogP contribution in [-0.4, -0.2) is 57.5 Å². The van der Waals surface area contributed by atoms with E-state index < -0.39 is 37.6 Å². The number of hydrogen-bond donors (Lipinski definition) is 0. The zero-order valence-electron chi connectivity index (χ0n) is 33.2. The van der Waals surface area contributed by atoms with E-state index in [-0.39, 0.29) is 9.79 Å². The molecule has 2 aliphatic heterocycles. The van der Waals surface area contributed by atoms with Gasteiger partial charge in [-0.3, -0.25) is 18.6 Å². The number of sulfonamides is 2. The van der Waals surface area contributed by atoms with E-state index in [9.17, 15) is 16.8 Å². The molecule has 2 aromatic heterocycles. The molecule has 2 atom stereocenters. The van der Waals surface area contributed by atoms with Crippen LogP contribution in [0.25, 0.3) is 21.8 Å². The van der Waals surface area contributed by atoms with E-state index in [1.807, 2.05) is 60.7 Å². The lowest BCUT2D eigenvalue weighted by molar-refractivity contribution is 0.584. The largest absolute Gasteiger partial charge is 0.266 e. The van der Waals surface area contributed by atoms with Crippen molar-refractivity contribution in [1.82, 2.24) is 9.97 Å². The second kappa shape index (κ2) is 18.1. The molecule has 4 aromatic carbocycles. The van der Waals surface area contributed by atoms with Crippen LogP contribution < -0.4 is 8.61 Å². The maximum atomic E-state index is 13.9. The normalized spacial score (nSPS) is 17.0. The highest BCUT2D eigenvalue weighted by molar-refractivity contribution is 9.10. The molecule has 0 fully saturated rings. The monoisotopic (exact) mass is 974 g/mol. The van der Waals surface area contributed by atoms with Crippen molar-refractivity contribution in [2.24, 2.45) is 0 Å². The van der Waals surface area contributed by atoms with Gasteiger partial charge < -0.3 is 0 Å². The fourth-order valence-corrected chi connectivity index (χ4v) is 18.4. The third-order valence-corrected chi connectivity index (χ3v) is 22.9. The average Bonchev–Trinajstić information content (AvgIpc) is 3.23. The van der Waals surface area contributed by atoms with Crippen LogP contribution in [0.5, 0.6) is 0 Å². The van der Waals surface area contributed by atoms with Crippen LogP contribution in [0.1, 0.15) is 38.8 Å². The maximum Gasteiger partial charge on any atom is 0.266 e.